The summed E-state index contributed by atoms with van der Waals surface area (Å²) in [5.74, 6) is -5.84. The van der Waals surface area contributed by atoms with E-state index in [2.05, 4.69) is 21.0 Å². The number of ketones is 2. The molecule has 2 aliphatic rings. The van der Waals surface area contributed by atoms with E-state index in [4.69, 9.17) is 0 Å². The van der Waals surface area contributed by atoms with Gasteiger partial charge in [0, 0.05) is 12.6 Å². The van der Waals surface area contributed by atoms with Crippen LogP contribution in [0, 0.1) is 0 Å². The van der Waals surface area contributed by atoms with E-state index in [-0.39, 0.29) is 0 Å². The van der Waals surface area contributed by atoms with Gasteiger partial charge in [-0.2, -0.15) is 10.6 Å². The maximum atomic E-state index is 12.6. The largest absolute Gasteiger partial charge is 0.573 e. The highest BCUT2D eigenvalue weighted by Crippen LogP contribution is 2.49. The zero-order valence-electron chi connectivity index (χ0n) is 21.2. The number of piperidine rings is 1. The third-order valence-electron chi connectivity index (χ3n) is 6.89. The molecular formula is C27H31F3N2O6S. The number of halogens is 3. The molecule has 1 aliphatic heterocycles. The van der Waals surface area contributed by atoms with Gasteiger partial charge < -0.3 is 10.1 Å². The minimum Gasteiger partial charge on any atom is -0.406 e. The lowest BCUT2D eigenvalue weighted by molar-refractivity contribution is -0.274. The standard InChI is InChI=1S/C27H31F3N2O6S/c28-27(29,30)38-20-7-5-8-21(15-20)39(36,37)17-24(33)25(34)26(35)31-23-9-4-6-19-14-18(10-11-22(19)23)16-32-12-2-1-3-13-32/h5,7-8,10-11,14-15,23,36-37H,1-4,6,9,12-13,16-17H2,(H,31,35)/t23-/m1/s1. The van der Waals surface area contributed by atoms with Gasteiger partial charge in [-0.1, -0.05) is 30.7 Å². The molecule has 4 rings (SSSR count). The van der Waals surface area contributed by atoms with Crippen LogP contribution < -0.4 is 10.1 Å². The molecule has 2 aromatic carbocycles. The Morgan fingerprint density at radius 3 is 2.49 bits per heavy atom. The van der Waals surface area contributed by atoms with E-state index in [9.17, 15) is 36.7 Å². The zero-order valence-corrected chi connectivity index (χ0v) is 22.0. The van der Waals surface area contributed by atoms with Gasteiger partial charge in [0.1, 0.15) is 11.5 Å². The van der Waals surface area contributed by atoms with Crippen molar-refractivity contribution in [1.29, 1.82) is 0 Å². The molecule has 1 atom stereocenters. The van der Waals surface area contributed by atoms with Crippen LogP contribution in [0.25, 0.3) is 0 Å². The first-order valence-corrected chi connectivity index (χ1v) is 14.5. The smallest absolute Gasteiger partial charge is 0.406 e. The molecule has 0 saturated carbocycles. The summed E-state index contributed by atoms with van der Waals surface area (Å²) in [5, 5.41) is 2.60. The number of rotatable bonds is 9. The Morgan fingerprint density at radius 2 is 1.77 bits per heavy atom. The molecule has 39 heavy (non-hydrogen) atoms. The SMILES string of the molecule is O=C(CS(O)(O)c1cccc(OC(F)(F)F)c1)C(=O)C(=O)N[C@@H]1CCCc2cc(CN3CCCCC3)ccc21. The van der Waals surface area contributed by atoms with Crippen LogP contribution in [0.3, 0.4) is 0 Å². The van der Waals surface area contributed by atoms with Gasteiger partial charge in [0.2, 0.25) is 5.78 Å². The Bertz CT molecular complexity index is 1230. The van der Waals surface area contributed by atoms with Crippen molar-refractivity contribution in [1.82, 2.24) is 10.2 Å². The Kier molecular flexibility index (Phi) is 9.00. The van der Waals surface area contributed by atoms with Crippen LogP contribution in [0.4, 0.5) is 13.2 Å². The van der Waals surface area contributed by atoms with Crippen molar-refractivity contribution in [3.8, 4) is 5.75 Å². The highest BCUT2D eigenvalue weighted by Gasteiger charge is 2.34. The molecule has 1 saturated heterocycles. The lowest BCUT2D eigenvalue weighted by atomic mass is 9.86. The van der Waals surface area contributed by atoms with E-state index in [0.717, 1.165) is 67.9 Å². The summed E-state index contributed by atoms with van der Waals surface area (Å²) in [4.78, 5) is 39.6. The van der Waals surface area contributed by atoms with Crippen LogP contribution >= 0.6 is 10.6 Å². The van der Waals surface area contributed by atoms with E-state index in [1.165, 1.54) is 24.8 Å². The quantitative estimate of drug-likeness (QED) is 0.288. The van der Waals surface area contributed by atoms with Crippen LogP contribution in [0.5, 0.6) is 5.75 Å². The van der Waals surface area contributed by atoms with E-state index in [1.807, 2.05) is 12.1 Å². The van der Waals surface area contributed by atoms with Gasteiger partial charge in [0.15, 0.2) is 0 Å². The Hall–Kier alpha value is -2.93. The van der Waals surface area contributed by atoms with Crippen LogP contribution in [-0.4, -0.2) is 56.7 Å². The van der Waals surface area contributed by atoms with Crippen molar-refractivity contribution in [2.75, 3.05) is 18.8 Å². The lowest BCUT2D eigenvalue weighted by Crippen LogP contribution is -2.40. The van der Waals surface area contributed by atoms with Crippen molar-refractivity contribution in [2.24, 2.45) is 0 Å². The summed E-state index contributed by atoms with van der Waals surface area (Å²) in [6.45, 7) is 3.00. The van der Waals surface area contributed by atoms with Gasteiger partial charge in [-0.15, -0.1) is 13.2 Å². The first-order valence-electron chi connectivity index (χ1n) is 12.7. The fourth-order valence-electron chi connectivity index (χ4n) is 5.05. The molecule has 2 aromatic rings. The molecule has 0 unspecified atom stereocenters. The predicted molar refractivity (Wildman–Crippen MR) is 139 cm³/mol. The summed E-state index contributed by atoms with van der Waals surface area (Å²) in [7, 11) is -4.02. The molecule has 1 amide bonds. The van der Waals surface area contributed by atoms with Gasteiger partial charge in [-0.05, 0) is 74.0 Å². The lowest BCUT2D eigenvalue weighted by Gasteiger charge is -2.31. The third kappa shape index (κ3) is 7.81. The molecule has 0 bridgehead atoms. The second-order valence-electron chi connectivity index (χ2n) is 9.87. The average Bonchev–Trinajstić information content (AvgIpc) is 2.88. The van der Waals surface area contributed by atoms with E-state index >= 15 is 0 Å². The number of alkyl halides is 3. The van der Waals surface area contributed by atoms with Crippen molar-refractivity contribution in [2.45, 2.75) is 62.4 Å². The number of likely N-dealkylation sites (tertiary alicyclic amines) is 1. The second-order valence-corrected chi connectivity index (χ2v) is 12.0. The Morgan fingerprint density at radius 1 is 1.03 bits per heavy atom. The molecule has 3 N–H and O–H groups in total. The molecule has 1 fully saturated rings. The number of carbonyl (C=O) groups is 3. The number of nitrogens with one attached hydrogen (secondary N) is 1. The average molecular weight is 569 g/mol. The molecule has 0 aromatic heterocycles. The normalized spacial score (nSPS) is 18.6. The number of aryl methyl sites for hydroxylation is 1. The van der Waals surface area contributed by atoms with Gasteiger partial charge in [-0.25, -0.2) is 0 Å². The van der Waals surface area contributed by atoms with E-state index in [0.29, 0.717) is 6.42 Å². The number of benzene rings is 2. The van der Waals surface area contributed by atoms with Crippen molar-refractivity contribution in [3.63, 3.8) is 0 Å². The minimum absolute atomic E-state index is 0.424. The van der Waals surface area contributed by atoms with Crippen LogP contribution in [0.1, 0.15) is 54.8 Å². The molecule has 0 spiro atoms. The first kappa shape index (κ1) is 29.1. The van der Waals surface area contributed by atoms with E-state index < -0.39 is 56.9 Å². The number of fused-ring (bicyclic) bond motifs is 1. The fourth-order valence-corrected chi connectivity index (χ4v) is 6.31. The van der Waals surface area contributed by atoms with Gasteiger partial charge >= 0.3 is 6.36 Å². The summed E-state index contributed by atoms with van der Waals surface area (Å²) in [5.41, 5.74) is 3.14. The molecule has 1 aliphatic carbocycles. The molecule has 212 valence electrons. The van der Waals surface area contributed by atoms with Crippen LogP contribution in [0.15, 0.2) is 47.4 Å². The zero-order chi connectivity index (χ0) is 28.2. The summed E-state index contributed by atoms with van der Waals surface area (Å²) in [6, 6.07) is 9.45. The molecule has 1 heterocycles. The van der Waals surface area contributed by atoms with Crippen LogP contribution in [-0.2, 0) is 27.3 Å². The minimum atomic E-state index is -5.00. The third-order valence-corrected chi connectivity index (χ3v) is 8.56. The first-order chi connectivity index (χ1) is 18.4. The summed E-state index contributed by atoms with van der Waals surface area (Å²) < 4.78 is 62.0. The van der Waals surface area contributed by atoms with Gasteiger partial charge in [-0.3, -0.25) is 28.4 Å². The van der Waals surface area contributed by atoms with Crippen molar-refractivity contribution >= 4 is 28.1 Å². The van der Waals surface area contributed by atoms with Crippen molar-refractivity contribution < 1.29 is 41.4 Å². The Labute approximate surface area is 225 Å². The fraction of sp³-hybridized carbons (Fsp3) is 0.444. The number of Topliss-reactive ketones (excluding diaryl/α,β-unsaturated/α-hetero) is 2. The van der Waals surface area contributed by atoms with Gasteiger partial charge in [0.25, 0.3) is 11.7 Å². The Balaban J connectivity index is 1.38. The molecule has 8 nitrogen and oxygen atoms in total. The summed E-state index contributed by atoms with van der Waals surface area (Å²) in [6.07, 6.45) is 0.835. The number of amides is 1. The molecular weight excluding hydrogens is 537 g/mol. The topological polar surface area (TPSA) is 116 Å². The number of carbonyl (C=O) groups excluding carboxylic acids is 3. The number of hydrogen-bond acceptors (Lipinski definition) is 7. The monoisotopic (exact) mass is 568 g/mol. The maximum absolute atomic E-state index is 12.6. The molecule has 12 heteroatoms. The highest BCUT2D eigenvalue weighted by molar-refractivity contribution is 8.25. The number of nitrogens with zero attached hydrogens (tertiary/aromatic N) is 1. The second kappa shape index (κ2) is 12.1. The summed E-state index contributed by atoms with van der Waals surface area (Å²) >= 11 is 0. The predicted octanol–water partition coefficient (Wildman–Crippen LogP) is 5.01. The van der Waals surface area contributed by atoms with Gasteiger partial charge in [0.05, 0.1) is 10.9 Å². The van der Waals surface area contributed by atoms with Crippen LogP contribution in [0.2, 0.25) is 0 Å². The maximum Gasteiger partial charge on any atom is 0.573 e. The van der Waals surface area contributed by atoms with Crippen molar-refractivity contribution in [3.05, 3.63) is 59.2 Å². The number of hydrogen-bond donors (Lipinski definition) is 3. The molecule has 0 radical (unpaired) electrons. The highest BCUT2D eigenvalue weighted by atomic mass is 32.3. The number of ether oxygens (including phenoxy) is 1. The van der Waals surface area contributed by atoms with E-state index in [1.54, 1.807) is 0 Å².